The predicted octanol–water partition coefficient (Wildman–Crippen LogP) is 2.91. The van der Waals surface area contributed by atoms with Crippen molar-refractivity contribution in [2.45, 2.75) is 12.8 Å². The van der Waals surface area contributed by atoms with E-state index in [0.717, 1.165) is 22.9 Å². The minimum Gasteiger partial charge on any atom is -0.490 e. The molecular weight excluding hydrogens is 223 g/mol. The van der Waals surface area contributed by atoms with Crippen molar-refractivity contribution in [3.8, 4) is 5.75 Å². The van der Waals surface area contributed by atoms with Crippen LogP contribution in [0, 0.1) is 5.82 Å². The predicted molar refractivity (Wildman–Crippen MR) is 47.9 cm³/mol. The van der Waals surface area contributed by atoms with Crippen LogP contribution in [0.5, 0.6) is 5.75 Å². The van der Waals surface area contributed by atoms with Crippen LogP contribution in [0.25, 0.3) is 0 Å². The molecule has 1 heterocycles. The van der Waals surface area contributed by atoms with Gasteiger partial charge < -0.3 is 4.74 Å². The van der Waals surface area contributed by atoms with Crippen LogP contribution in [0.3, 0.4) is 0 Å². The molecule has 0 fully saturated rings. The summed E-state index contributed by atoms with van der Waals surface area (Å²) in [5.74, 6) is 0.170. The van der Waals surface area contributed by atoms with Gasteiger partial charge in [-0.05, 0) is 30.5 Å². The van der Waals surface area contributed by atoms with Crippen molar-refractivity contribution in [3.63, 3.8) is 0 Å². The lowest BCUT2D eigenvalue weighted by Crippen LogP contribution is -2.09. The summed E-state index contributed by atoms with van der Waals surface area (Å²) in [6.07, 6.45) is 1.88. The second kappa shape index (κ2) is 3.05. The highest BCUT2D eigenvalue weighted by atomic mass is 79.9. The average molecular weight is 231 g/mol. The molecule has 0 aliphatic carbocycles. The molecule has 0 saturated heterocycles. The van der Waals surface area contributed by atoms with Crippen LogP contribution in [-0.2, 0) is 6.42 Å². The Bertz CT molecular complexity index is 312. The van der Waals surface area contributed by atoms with E-state index in [0.29, 0.717) is 12.4 Å². The van der Waals surface area contributed by atoms with E-state index in [1.165, 1.54) is 6.07 Å². The zero-order valence-electron chi connectivity index (χ0n) is 6.44. The zero-order valence-corrected chi connectivity index (χ0v) is 8.03. The molecule has 0 atom stereocenters. The van der Waals surface area contributed by atoms with Gasteiger partial charge in [-0.25, -0.2) is 4.39 Å². The molecule has 2 rings (SSSR count). The third kappa shape index (κ3) is 1.33. The van der Waals surface area contributed by atoms with Crippen LogP contribution in [-0.4, -0.2) is 6.61 Å². The molecule has 0 N–H and O–H groups in total. The summed E-state index contributed by atoms with van der Waals surface area (Å²) < 4.78 is 19.2. The first-order valence-electron chi connectivity index (χ1n) is 3.88. The van der Waals surface area contributed by atoms with Gasteiger partial charge in [0.25, 0.3) is 0 Å². The molecule has 0 spiro atoms. The van der Waals surface area contributed by atoms with Gasteiger partial charge in [-0.1, -0.05) is 15.9 Å². The Hall–Kier alpha value is -0.570. The highest BCUT2D eigenvalue weighted by Crippen LogP contribution is 2.30. The first kappa shape index (κ1) is 8.05. The van der Waals surface area contributed by atoms with Crippen molar-refractivity contribution in [3.05, 3.63) is 28.0 Å². The van der Waals surface area contributed by atoms with Gasteiger partial charge in [0.1, 0.15) is 0 Å². The molecule has 1 nitrogen and oxygen atoms in total. The van der Waals surface area contributed by atoms with E-state index >= 15 is 0 Å². The first-order valence-corrected chi connectivity index (χ1v) is 4.67. The average Bonchev–Trinajstić information content (AvgIpc) is 2.04. The number of rotatable bonds is 0. The fourth-order valence-corrected chi connectivity index (χ4v) is 1.88. The molecular formula is C9H8BrFO. The maximum Gasteiger partial charge on any atom is 0.166 e. The van der Waals surface area contributed by atoms with Gasteiger partial charge in [-0.15, -0.1) is 0 Å². The Morgan fingerprint density at radius 1 is 1.42 bits per heavy atom. The number of aryl methyl sites for hydroxylation is 1. The van der Waals surface area contributed by atoms with Gasteiger partial charge in [-0.2, -0.15) is 0 Å². The van der Waals surface area contributed by atoms with Crippen LogP contribution in [0.2, 0.25) is 0 Å². The minimum atomic E-state index is -0.265. The van der Waals surface area contributed by atoms with Gasteiger partial charge in [0.2, 0.25) is 0 Å². The van der Waals surface area contributed by atoms with Crippen molar-refractivity contribution in [1.29, 1.82) is 0 Å². The van der Waals surface area contributed by atoms with Crippen molar-refractivity contribution in [1.82, 2.24) is 0 Å². The lowest BCUT2D eigenvalue weighted by atomic mass is 10.1. The minimum absolute atomic E-state index is 0.265. The topological polar surface area (TPSA) is 9.23 Å². The molecule has 1 aliphatic heterocycles. The summed E-state index contributed by atoms with van der Waals surface area (Å²) in [7, 11) is 0. The third-order valence-corrected chi connectivity index (χ3v) is 2.38. The molecule has 1 aromatic carbocycles. The van der Waals surface area contributed by atoms with E-state index in [1.807, 2.05) is 6.07 Å². The number of hydrogen-bond donors (Lipinski definition) is 0. The standard InChI is InChI=1S/C9H8BrFO/c10-7-4-6-2-1-3-12-9(6)8(11)5-7/h4-5H,1-3H2. The molecule has 0 radical (unpaired) electrons. The molecule has 0 unspecified atom stereocenters. The molecule has 3 heteroatoms. The van der Waals surface area contributed by atoms with E-state index in [9.17, 15) is 4.39 Å². The summed E-state index contributed by atoms with van der Waals surface area (Å²) >= 11 is 3.25. The normalized spacial score (nSPS) is 15.2. The molecule has 1 aliphatic rings. The van der Waals surface area contributed by atoms with Crippen molar-refractivity contribution in [2.24, 2.45) is 0 Å². The molecule has 0 bridgehead atoms. The van der Waals surface area contributed by atoms with Crippen LogP contribution >= 0.6 is 15.9 Å². The monoisotopic (exact) mass is 230 g/mol. The quantitative estimate of drug-likeness (QED) is 0.667. The maximum absolute atomic E-state index is 13.2. The van der Waals surface area contributed by atoms with Gasteiger partial charge in [-0.3, -0.25) is 0 Å². The molecule has 0 amide bonds. The molecule has 0 aromatic heterocycles. The number of halogens is 2. The zero-order chi connectivity index (χ0) is 8.55. The Morgan fingerprint density at radius 2 is 2.25 bits per heavy atom. The first-order chi connectivity index (χ1) is 5.77. The van der Waals surface area contributed by atoms with E-state index in [-0.39, 0.29) is 5.82 Å². The lowest BCUT2D eigenvalue weighted by Gasteiger charge is -2.17. The van der Waals surface area contributed by atoms with Gasteiger partial charge >= 0.3 is 0 Å². The molecule has 0 saturated carbocycles. The Kier molecular flexibility index (Phi) is 2.05. The molecule has 12 heavy (non-hydrogen) atoms. The largest absolute Gasteiger partial charge is 0.490 e. The lowest BCUT2D eigenvalue weighted by molar-refractivity contribution is 0.273. The number of fused-ring (bicyclic) bond motifs is 1. The smallest absolute Gasteiger partial charge is 0.166 e. The van der Waals surface area contributed by atoms with Gasteiger partial charge in [0.05, 0.1) is 6.61 Å². The Morgan fingerprint density at radius 3 is 3.08 bits per heavy atom. The molecule has 1 aromatic rings. The van der Waals surface area contributed by atoms with Gasteiger partial charge in [0.15, 0.2) is 11.6 Å². The van der Waals surface area contributed by atoms with E-state index in [4.69, 9.17) is 4.74 Å². The fraction of sp³-hybridized carbons (Fsp3) is 0.333. The SMILES string of the molecule is Fc1cc(Br)cc2c1OCCC2. The van der Waals surface area contributed by atoms with E-state index < -0.39 is 0 Å². The number of benzene rings is 1. The summed E-state index contributed by atoms with van der Waals surface area (Å²) in [6.45, 7) is 0.631. The second-order valence-corrected chi connectivity index (χ2v) is 3.74. The summed E-state index contributed by atoms with van der Waals surface area (Å²) in [5, 5.41) is 0. The highest BCUT2D eigenvalue weighted by Gasteiger charge is 2.15. The highest BCUT2D eigenvalue weighted by molar-refractivity contribution is 9.10. The van der Waals surface area contributed by atoms with E-state index in [2.05, 4.69) is 15.9 Å². The summed E-state index contributed by atoms with van der Waals surface area (Å²) in [6, 6.07) is 3.35. The maximum atomic E-state index is 13.2. The van der Waals surface area contributed by atoms with Crippen molar-refractivity contribution in [2.75, 3.05) is 6.61 Å². The van der Waals surface area contributed by atoms with E-state index in [1.54, 1.807) is 0 Å². The third-order valence-electron chi connectivity index (χ3n) is 1.92. The fourth-order valence-electron chi connectivity index (χ4n) is 1.40. The van der Waals surface area contributed by atoms with Gasteiger partial charge in [0, 0.05) is 4.47 Å². The number of hydrogen-bond acceptors (Lipinski definition) is 1. The Labute approximate surface area is 78.7 Å². The van der Waals surface area contributed by atoms with Crippen molar-refractivity contribution < 1.29 is 9.13 Å². The molecule has 64 valence electrons. The van der Waals surface area contributed by atoms with Crippen LogP contribution in [0.4, 0.5) is 4.39 Å². The Balaban J connectivity index is 2.53. The van der Waals surface area contributed by atoms with Crippen LogP contribution in [0.15, 0.2) is 16.6 Å². The van der Waals surface area contributed by atoms with Crippen LogP contribution in [0.1, 0.15) is 12.0 Å². The summed E-state index contributed by atoms with van der Waals surface area (Å²) in [5.41, 5.74) is 0.966. The van der Waals surface area contributed by atoms with Crippen LogP contribution < -0.4 is 4.74 Å². The second-order valence-electron chi connectivity index (χ2n) is 2.83. The summed E-state index contributed by atoms with van der Waals surface area (Å²) in [4.78, 5) is 0. The van der Waals surface area contributed by atoms with Crippen molar-refractivity contribution >= 4 is 15.9 Å². The number of ether oxygens (including phenoxy) is 1.